The second-order valence-corrected chi connectivity index (χ2v) is 10.1. The fourth-order valence-corrected chi connectivity index (χ4v) is 5.20. The van der Waals surface area contributed by atoms with E-state index >= 15 is 0 Å². The maximum Gasteiger partial charge on any atom is 0.232 e. The Labute approximate surface area is 196 Å². The van der Waals surface area contributed by atoms with Crippen LogP contribution in [0.15, 0.2) is 47.3 Å². The number of carbonyl (C=O) groups is 2. The normalized spacial score (nSPS) is 10.8. The highest BCUT2D eigenvalue weighted by Crippen LogP contribution is 2.23. The van der Waals surface area contributed by atoms with Crippen molar-refractivity contribution in [2.24, 2.45) is 0 Å². The van der Waals surface area contributed by atoms with E-state index in [0.717, 1.165) is 15.3 Å². The van der Waals surface area contributed by atoms with Crippen LogP contribution in [-0.2, 0) is 28.9 Å². The summed E-state index contributed by atoms with van der Waals surface area (Å²) in [5.74, 6) is -0.610. The Bertz CT molecular complexity index is 1230. The molecule has 164 valence electrons. The van der Waals surface area contributed by atoms with Gasteiger partial charge in [-0.1, -0.05) is 18.2 Å². The number of hydrogen-bond acceptors (Lipinski definition) is 7. The van der Waals surface area contributed by atoms with Gasteiger partial charge in [-0.15, -0.1) is 34.0 Å². The number of thiophene rings is 1. The SMILES string of the molecule is Cc1ccc(Cc2cnc(NC(=O)Cc3csc(NC(=O)Cc4cccs4)n3)s2)cc1F. The molecule has 2 amide bonds. The lowest BCUT2D eigenvalue weighted by Gasteiger charge is -2.01. The van der Waals surface area contributed by atoms with Gasteiger partial charge in [0.1, 0.15) is 5.82 Å². The molecule has 32 heavy (non-hydrogen) atoms. The van der Waals surface area contributed by atoms with Gasteiger partial charge < -0.3 is 10.6 Å². The van der Waals surface area contributed by atoms with Crippen LogP contribution in [0.5, 0.6) is 0 Å². The van der Waals surface area contributed by atoms with E-state index in [1.165, 1.54) is 40.1 Å². The third kappa shape index (κ3) is 6.06. The van der Waals surface area contributed by atoms with Crippen LogP contribution >= 0.6 is 34.0 Å². The molecule has 2 N–H and O–H groups in total. The molecule has 0 radical (unpaired) electrons. The Morgan fingerprint density at radius 3 is 2.62 bits per heavy atom. The molecule has 0 spiro atoms. The zero-order valence-electron chi connectivity index (χ0n) is 17.1. The molecule has 3 heterocycles. The van der Waals surface area contributed by atoms with Crippen molar-refractivity contribution in [1.29, 1.82) is 0 Å². The molecule has 6 nitrogen and oxygen atoms in total. The van der Waals surface area contributed by atoms with Gasteiger partial charge >= 0.3 is 0 Å². The van der Waals surface area contributed by atoms with Crippen LogP contribution in [0.4, 0.5) is 14.7 Å². The summed E-state index contributed by atoms with van der Waals surface area (Å²) < 4.78 is 13.7. The topological polar surface area (TPSA) is 84.0 Å². The molecule has 0 unspecified atom stereocenters. The van der Waals surface area contributed by atoms with Crippen molar-refractivity contribution >= 4 is 56.1 Å². The third-order valence-electron chi connectivity index (χ3n) is 4.47. The first kappa shape index (κ1) is 22.3. The minimum absolute atomic E-state index is 0.0788. The number of carbonyl (C=O) groups excluding carboxylic acids is 2. The first-order valence-corrected chi connectivity index (χ1v) is 12.3. The summed E-state index contributed by atoms with van der Waals surface area (Å²) in [5.41, 5.74) is 2.04. The number of hydrogen-bond donors (Lipinski definition) is 2. The van der Waals surface area contributed by atoms with Crippen molar-refractivity contribution in [2.75, 3.05) is 10.6 Å². The Balaban J connectivity index is 1.28. The lowest BCUT2D eigenvalue weighted by atomic mass is 10.1. The van der Waals surface area contributed by atoms with E-state index in [0.29, 0.717) is 34.4 Å². The van der Waals surface area contributed by atoms with Crippen LogP contribution in [0.3, 0.4) is 0 Å². The predicted molar refractivity (Wildman–Crippen MR) is 127 cm³/mol. The lowest BCUT2D eigenvalue weighted by molar-refractivity contribution is -0.116. The van der Waals surface area contributed by atoms with Crippen molar-refractivity contribution in [3.05, 3.63) is 79.7 Å². The largest absolute Gasteiger partial charge is 0.302 e. The summed E-state index contributed by atoms with van der Waals surface area (Å²) in [6, 6.07) is 8.97. The van der Waals surface area contributed by atoms with Gasteiger partial charge in [0, 0.05) is 27.8 Å². The average Bonchev–Trinajstić information content (AvgIpc) is 3.49. The lowest BCUT2D eigenvalue weighted by Crippen LogP contribution is -2.15. The summed E-state index contributed by atoms with van der Waals surface area (Å²) in [6.45, 7) is 1.73. The number of halogens is 1. The maximum absolute atomic E-state index is 13.7. The van der Waals surface area contributed by atoms with Crippen molar-refractivity contribution in [3.8, 4) is 0 Å². The van der Waals surface area contributed by atoms with E-state index in [9.17, 15) is 14.0 Å². The Morgan fingerprint density at radius 2 is 1.84 bits per heavy atom. The van der Waals surface area contributed by atoms with Gasteiger partial charge in [-0.05, 0) is 35.6 Å². The molecule has 0 atom stereocenters. The van der Waals surface area contributed by atoms with Crippen LogP contribution in [0.2, 0.25) is 0 Å². The van der Waals surface area contributed by atoms with Crippen molar-refractivity contribution in [3.63, 3.8) is 0 Å². The Hall–Kier alpha value is -2.95. The second-order valence-electron chi connectivity index (χ2n) is 7.07. The van der Waals surface area contributed by atoms with Crippen LogP contribution in [0.25, 0.3) is 0 Å². The van der Waals surface area contributed by atoms with Crippen LogP contribution in [0.1, 0.15) is 26.6 Å². The molecule has 0 fully saturated rings. The number of nitrogens with one attached hydrogen (secondary N) is 2. The number of benzene rings is 1. The quantitative estimate of drug-likeness (QED) is 0.365. The van der Waals surface area contributed by atoms with Gasteiger partial charge in [0.15, 0.2) is 10.3 Å². The second kappa shape index (κ2) is 10.1. The molecule has 3 aromatic heterocycles. The summed E-state index contributed by atoms with van der Waals surface area (Å²) in [7, 11) is 0. The molecule has 10 heteroatoms. The standard InChI is InChI=1S/C22H19FN4O2S3/c1-13-4-5-14(8-18(13)23)7-17-11-24-21(32-17)26-19(28)9-15-12-31-22(25-15)27-20(29)10-16-3-2-6-30-16/h2-6,8,11-12H,7,9-10H2,1H3,(H,24,26,28)(H,25,27,29). The number of aryl methyl sites for hydroxylation is 1. The first-order chi connectivity index (χ1) is 15.4. The number of anilines is 2. The molecule has 0 saturated carbocycles. The van der Waals surface area contributed by atoms with E-state index in [2.05, 4.69) is 20.6 Å². The van der Waals surface area contributed by atoms with E-state index in [1.807, 2.05) is 23.6 Å². The van der Waals surface area contributed by atoms with Crippen LogP contribution in [0, 0.1) is 12.7 Å². The Morgan fingerprint density at radius 1 is 1.03 bits per heavy atom. The molecule has 0 aliphatic heterocycles. The average molecular weight is 487 g/mol. The summed E-state index contributed by atoms with van der Waals surface area (Å²) in [6.07, 6.45) is 2.61. The van der Waals surface area contributed by atoms with Gasteiger partial charge in [0.2, 0.25) is 11.8 Å². The van der Waals surface area contributed by atoms with E-state index < -0.39 is 0 Å². The molecule has 0 bridgehead atoms. The molecule has 0 aliphatic rings. The Kier molecular flexibility index (Phi) is 7.03. The van der Waals surface area contributed by atoms with Gasteiger partial charge in [0.05, 0.1) is 18.5 Å². The minimum Gasteiger partial charge on any atom is -0.302 e. The number of aromatic nitrogens is 2. The van der Waals surface area contributed by atoms with E-state index in [1.54, 1.807) is 24.6 Å². The van der Waals surface area contributed by atoms with Crippen molar-refractivity contribution < 1.29 is 14.0 Å². The van der Waals surface area contributed by atoms with Crippen LogP contribution < -0.4 is 10.6 Å². The fraction of sp³-hybridized carbons (Fsp3) is 0.182. The molecule has 4 aromatic rings. The van der Waals surface area contributed by atoms with Crippen LogP contribution in [-0.4, -0.2) is 21.8 Å². The molecule has 1 aromatic carbocycles. The van der Waals surface area contributed by atoms with E-state index in [4.69, 9.17) is 0 Å². The van der Waals surface area contributed by atoms with Gasteiger partial charge in [-0.2, -0.15) is 0 Å². The molecular formula is C22H19FN4O2S3. The van der Waals surface area contributed by atoms with Crippen molar-refractivity contribution in [2.45, 2.75) is 26.2 Å². The predicted octanol–water partition coefficient (Wildman–Crippen LogP) is 5.06. The fourth-order valence-electron chi connectivity index (χ4n) is 2.90. The first-order valence-electron chi connectivity index (χ1n) is 9.71. The molecule has 0 saturated heterocycles. The van der Waals surface area contributed by atoms with E-state index in [-0.39, 0.29) is 24.1 Å². The highest BCUT2D eigenvalue weighted by molar-refractivity contribution is 7.15. The monoisotopic (exact) mass is 486 g/mol. The maximum atomic E-state index is 13.7. The number of nitrogens with zero attached hydrogens (tertiary/aromatic N) is 2. The molecule has 0 aliphatic carbocycles. The molecule has 4 rings (SSSR count). The number of thiazole rings is 2. The summed E-state index contributed by atoms with van der Waals surface area (Å²) in [5, 5.41) is 10.2. The van der Waals surface area contributed by atoms with Gasteiger partial charge in [-0.25, -0.2) is 14.4 Å². The zero-order valence-corrected chi connectivity index (χ0v) is 19.5. The third-order valence-corrected chi connectivity index (χ3v) is 7.06. The van der Waals surface area contributed by atoms with Gasteiger partial charge in [-0.3, -0.25) is 9.59 Å². The summed E-state index contributed by atoms with van der Waals surface area (Å²) >= 11 is 4.16. The smallest absolute Gasteiger partial charge is 0.232 e. The van der Waals surface area contributed by atoms with Crippen molar-refractivity contribution in [1.82, 2.24) is 9.97 Å². The van der Waals surface area contributed by atoms with Gasteiger partial charge in [0.25, 0.3) is 0 Å². The minimum atomic E-state index is -0.242. The number of rotatable bonds is 8. The number of amides is 2. The summed E-state index contributed by atoms with van der Waals surface area (Å²) in [4.78, 5) is 34.9. The highest BCUT2D eigenvalue weighted by Gasteiger charge is 2.13. The zero-order chi connectivity index (χ0) is 22.5. The molecular weight excluding hydrogens is 467 g/mol. The highest BCUT2D eigenvalue weighted by atomic mass is 32.1.